The van der Waals surface area contributed by atoms with Crippen molar-refractivity contribution in [3.8, 4) is 0 Å². The summed E-state index contributed by atoms with van der Waals surface area (Å²) in [6.07, 6.45) is 18.0. The van der Waals surface area contributed by atoms with E-state index in [0.717, 1.165) is 19.3 Å². The van der Waals surface area contributed by atoms with Crippen molar-refractivity contribution < 1.29 is 24.5 Å². The van der Waals surface area contributed by atoms with Crippen LogP contribution in [0.4, 0.5) is 0 Å². The molecule has 0 aliphatic heterocycles. The van der Waals surface area contributed by atoms with Gasteiger partial charge in [-0.3, -0.25) is 0 Å². The lowest BCUT2D eigenvalue weighted by Crippen LogP contribution is -2.21. The fourth-order valence-corrected chi connectivity index (χ4v) is 2.84. The smallest absolute Gasteiger partial charge is 0.382 e. The molecule has 0 aliphatic rings. The first kappa shape index (κ1) is 24.9. The van der Waals surface area contributed by atoms with Crippen LogP contribution in [0.3, 0.4) is 0 Å². The number of carbonyl (C=O) groups is 2. The Kier molecular flexibility index (Phi) is 17.9. The quantitative estimate of drug-likeness (QED) is 0.203. The summed E-state index contributed by atoms with van der Waals surface area (Å²) >= 11 is 0. The minimum absolute atomic E-state index is 0.241. The number of aliphatic hydroxyl groups excluding tert-OH is 1. The third kappa shape index (κ3) is 17.7. The molecule has 0 aromatic carbocycles. The summed E-state index contributed by atoms with van der Waals surface area (Å²) in [6.45, 7) is 3.51. The third-order valence-corrected chi connectivity index (χ3v) is 4.54. The van der Waals surface area contributed by atoms with E-state index in [-0.39, 0.29) is 6.42 Å². The van der Waals surface area contributed by atoms with Crippen molar-refractivity contribution in [1.82, 2.24) is 0 Å². The molecule has 5 nitrogen and oxygen atoms in total. The molecule has 0 saturated carbocycles. The Morgan fingerprint density at radius 3 is 1.46 bits per heavy atom. The van der Waals surface area contributed by atoms with Crippen molar-refractivity contribution in [2.24, 2.45) is 0 Å². The number of carbonyl (C=O) groups excluding carboxylic acids is 2. The molecule has 5 heteroatoms. The lowest BCUT2D eigenvalue weighted by molar-refractivity contribution is -0.264. The molecule has 0 aromatic rings. The predicted octanol–water partition coefficient (Wildman–Crippen LogP) is 5.63. The Morgan fingerprint density at radius 2 is 1.08 bits per heavy atom. The van der Waals surface area contributed by atoms with E-state index in [4.69, 9.17) is 5.11 Å². The zero-order valence-corrected chi connectivity index (χ0v) is 17.0. The number of aliphatic hydroxyl groups is 1. The van der Waals surface area contributed by atoms with Crippen LogP contribution >= 0.6 is 0 Å². The van der Waals surface area contributed by atoms with E-state index in [9.17, 15) is 9.59 Å². The van der Waals surface area contributed by atoms with Gasteiger partial charge in [-0.2, -0.15) is 0 Å². The summed E-state index contributed by atoms with van der Waals surface area (Å²) in [5, 5.41) is 8.88. The van der Waals surface area contributed by atoms with Crippen molar-refractivity contribution in [2.45, 2.75) is 123 Å². The molecule has 0 rings (SSSR count). The van der Waals surface area contributed by atoms with Crippen LogP contribution in [-0.4, -0.2) is 23.1 Å². The third-order valence-electron chi connectivity index (χ3n) is 4.54. The summed E-state index contributed by atoms with van der Waals surface area (Å²) in [4.78, 5) is 30.8. The minimum atomic E-state index is -1.28. The minimum Gasteiger partial charge on any atom is -0.382 e. The molecule has 0 saturated heterocycles. The van der Waals surface area contributed by atoms with Gasteiger partial charge in [0.25, 0.3) is 0 Å². The lowest BCUT2D eigenvalue weighted by Gasteiger charge is -2.05. The van der Waals surface area contributed by atoms with Gasteiger partial charge in [-0.1, -0.05) is 96.8 Å². The zero-order valence-electron chi connectivity index (χ0n) is 17.0. The molecule has 154 valence electrons. The van der Waals surface area contributed by atoms with Crippen molar-refractivity contribution in [3.05, 3.63) is 0 Å². The van der Waals surface area contributed by atoms with Gasteiger partial charge in [0, 0.05) is 0 Å². The lowest BCUT2D eigenvalue weighted by atomic mass is 10.0. The monoisotopic (exact) mass is 372 g/mol. The van der Waals surface area contributed by atoms with Crippen LogP contribution in [0, 0.1) is 0 Å². The van der Waals surface area contributed by atoms with E-state index in [0.29, 0.717) is 0 Å². The number of hydrogen-bond donors (Lipinski definition) is 1. The highest BCUT2D eigenvalue weighted by Gasteiger charge is 2.14. The summed E-state index contributed by atoms with van der Waals surface area (Å²) in [7, 11) is 0. The number of unbranched alkanes of at least 4 members (excludes halogenated alkanes) is 14. The molecule has 0 spiro atoms. The summed E-state index contributed by atoms with van der Waals surface area (Å²) < 4.78 is 0. The maximum atomic E-state index is 11.3. The average Bonchev–Trinajstić information content (AvgIpc) is 2.62. The van der Waals surface area contributed by atoms with Crippen LogP contribution < -0.4 is 0 Å². The maximum Gasteiger partial charge on any atom is 0.383 e. The summed E-state index contributed by atoms with van der Waals surface area (Å²) in [5.74, 6) is -1.51. The zero-order chi connectivity index (χ0) is 19.5. The van der Waals surface area contributed by atoms with E-state index >= 15 is 0 Å². The van der Waals surface area contributed by atoms with Crippen LogP contribution in [0.1, 0.15) is 117 Å². The summed E-state index contributed by atoms with van der Waals surface area (Å²) in [5.41, 5.74) is 0. The molecule has 1 unspecified atom stereocenters. The van der Waals surface area contributed by atoms with Gasteiger partial charge in [0.2, 0.25) is 0 Å². The van der Waals surface area contributed by atoms with E-state index in [1.165, 1.54) is 84.0 Å². The van der Waals surface area contributed by atoms with Gasteiger partial charge in [-0.15, -0.1) is 0 Å². The van der Waals surface area contributed by atoms with Crippen LogP contribution in [0.25, 0.3) is 0 Å². The first-order chi connectivity index (χ1) is 12.6. The first-order valence-corrected chi connectivity index (χ1v) is 10.7. The molecule has 26 heavy (non-hydrogen) atoms. The summed E-state index contributed by atoms with van der Waals surface area (Å²) in [6, 6.07) is 0. The van der Waals surface area contributed by atoms with Crippen LogP contribution in [0.2, 0.25) is 0 Å². The van der Waals surface area contributed by atoms with Crippen LogP contribution in [0.5, 0.6) is 0 Å². The molecule has 0 radical (unpaired) electrons. The van der Waals surface area contributed by atoms with Gasteiger partial charge in [0.05, 0.1) is 6.42 Å². The largest absolute Gasteiger partial charge is 0.383 e. The first-order valence-electron chi connectivity index (χ1n) is 10.7. The van der Waals surface area contributed by atoms with Crippen molar-refractivity contribution in [1.29, 1.82) is 0 Å². The Balaban J connectivity index is 3.19. The Bertz CT molecular complexity index is 341. The normalized spacial score (nSPS) is 12.0. The van der Waals surface area contributed by atoms with Crippen LogP contribution in [0.15, 0.2) is 0 Å². The molecule has 1 N–H and O–H groups in total. The second kappa shape index (κ2) is 18.7. The van der Waals surface area contributed by atoms with E-state index in [2.05, 4.69) is 16.7 Å². The second-order valence-corrected chi connectivity index (χ2v) is 7.23. The Hall–Kier alpha value is -1.10. The Morgan fingerprint density at radius 1 is 0.692 bits per heavy atom. The molecule has 0 heterocycles. The number of hydrogen-bond acceptors (Lipinski definition) is 5. The highest BCUT2D eigenvalue weighted by molar-refractivity contribution is 5.75. The van der Waals surface area contributed by atoms with Crippen molar-refractivity contribution in [2.75, 3.05) is 0 Å². The van der Waals surface area contributed by atoms with Gasteiger partial charge in [-0.05, 0) is 13.3 Å². The SMILES string of the molecule is CCCCCCCCCCCCCCCCCC(=O)OOC(=O)C(C)O. The van der Waals surface area contributed by atoms with Gasteiger partial charge in [0.15, 0.2) is 6.10 Å². The van der Waals surface area contributed by atoms with Gasteiger partial charge in [0.1, 0.15) is 0 Å². The molecule has 0 bridgehead atoms. The average molecular weight is 373 g/mol. The predicted molar refractivity (Wildman–Crippen MR) is 103 cm³/mol. The molecule has 0 fully saturated rings. The fraction of sp³-hybridized carbons (Fsp3) is 0.905. The highest BCUT2D eigenvalue weighted by atomic mass is 17.2. The molecule has 1 atom stereocenters. The highest BCUT2D eigenvalue weighted by Crippen LogP contribution is 2.13. The Labute approximate surface area is 159 Å². The standard InChI is InChI=1S/C21H40O5/c1-3-4-5-6-7-8-9-10-11-12-13-14-15-16-17-18-20(23)25-26-21(24)19(2)22/h19,22H,3-18H2,1-2H3. The van der Waals surface area contributed by atoms with E-state index in [1.54, 1.807) is 0 Å². The van der Waals surface area contributed by atoms with E-state index in [1.807, 2.05) is 0 Å². The molecule has 0 aliphatic carbocycles. The molecule has 0 aromatic heterocycles. The maximum absolute atomic E-state index is 11.3. The van der Waals surface area contributed by atoms with Gasteiger partial charge in [-0.25, -0.2) is 19.4 Å². The molecule has 0 amide bonds. The number of rotatable bonds is 17. The van der Waals surface area contributed by atoms with E-state index < -0.39 is 18.0 Å². The fourth-order valence-electron chi connectivity index (χ4n) is 2.84. The van der Waals surface area contributed by atoms with Gasteiger partial charge < -0.3 is 5.11 Å². The molecular weight excluding hydrogens is 332 g/mol. The topological polar surface area (TPSA) is 72.8 Å². The molecular formula is C21H40O5. The van der Waals surface area contributed by atoms with Gasteiger partial charge >= 0.3 is 11.9 Å². The van der Waals surface area contributed by atoms with Crippen molar-refractivity contribution in [3.63, 3.8) is 0 Å². The second-order valence-electron chi connectivity index (χ2n) is 7.23. The van der Waals surface area contributed by atoms with Crippen LogP contribution in [-0.2, 0) is 19.4 Å². The van der Waals surface area contributed by atoms with Crippen molar-refractivity contribution >= 4 is 11.9 Å².